The van der Waals surface area contributed by atoms with Gasteiger partial charge in [0.2, 0.25) is 5.89 Å². The van der Waals surface area contributed by atoms with Crippen molar-refractivity contribution in [2.45, 2.75) is 32.4 Å². The van der Waals surface area contributed by atoms with Crippen LogP contribution in [-0.2, 0) is 11.3 Å². The van der Waals surface area contributed by atoms with Gasteiger partial charge in [-0.25, -0.2) is 0 Å². The van der Waals surface area contributed by atoms with Gasteiger partial charge >= 0.3 is 5.97 Å². The highest BCUT2D eigenvalue weighted by Gasteiger charge is 2.20. The molecule has 6 heteroatoms. The van der Waals surface area contributed by atoms with Crippen LogP contribution < -0.4 is 5.32 Å². The van der Waals surface area contributed by atoms with Crippen molar-refractivity contribution in [1.82, 2.24) is 15.5 Å². The molecule has 6 nitrogen and oxygen atoms in total. The Morgan fingerprint density at radius 2 is 2.05 bits per heavy atom. The molecule has 20 heavy (non-hydrogen) atoms. The average molecular weight is 275 g/mol. The van der Waals surface area contributed by atoms with Gasteiger partial charge in [0, 0.05) is 5.92 Å². The first-order valence-corrected chi connectivity index (χ1v) is 6.41. The van der Waals surface area contributed by atoms with E-state index in [0.717, 1.165) is 0 Å². The first-order valence-electron chi connectivity index (χ1n) is 6.41. The number of nitrogens with one attached hydrogen (secondary N) is 1. The topological polar surface area (TPSA) is 88.2 Å². The second-order valence-electron chi connectivity index (χ2n) is 4.77. The number of benzene rings is 1. The molecule has 0 aliphatic rings. The summed E-state index contributed by atoms with van der Waals surface area (Å²) >= 11 is 0. The van der Waals surface area contributed by atoms with E-state index in [2.05, 4.69) is 15.5 Å². The summed E-state index contributed by atoms with van der Waals surface area (Å²) in [6.45, 7) is 4.14. The zero-order valence-electron chi connectivity index (χ0n) is 11.4. The molecule has 1 atom stereocenters. The number of hydrogen-bond acceptors (Lipinski definition) is 5. The van der Waals surface area contributed by atoms with Crippen LogP contribution in [0.5, 0.6) is 0 Å². The number of carboxylic acids is 1. The highest BCUT2D eigenvalue weighted by molar-refractivity contribution is 5.75. The van der Waals surface area contributed by atoms with Crippen LogP contribution in [0.2, 0.25) is 0 Å². The van der Waals surface area contributed by atoms with E-state index < -0.39 is 12.0 Å². The van der Waals surface area contributed by atoms with Crippen LogP contribution in [0, 0.1) is 0 Å². The summed E-state index contributed by atoms with van der Waals surface area (Å²) in [6, 6.07) is 8.19. The SMILES string of the molecule is CC(C)c1nc(CN[C@@H](C(=O)O)c2ccccc2)no1. The number of nitrogens with zero attached hydrogens (tertiary/aromatic N) is 2. The molecule has 1 aromatic carbocycles. The summed E-state index contributed by atoms with van der Waals surface area (Å²) in [4.78, 5) is 15.5. The second kappa shape index (κ2) is 6.29. The van der Waals surface area contributed by atoms with Gasteiger partial charge in [0.15, 0.2) is 5.82 Å². The second-order valence-corrected chi connectivity index (χ2v) is 4.77. The predicted molar refractivity (Wildman–Crippen MR) is 72.0 cm³/mol. The molecule has 2 rings (SSSR count). The highest BCUT2D eigenvalue weighted by Crippen LogP contribution is 2.14. The Morgan fingerprint density at radius 3 is 2.60 bits per heavy atom. The number of hydrogen-bond donors (Lipinski definition) is 2. The standard InChI is InChI=1S/C14H17N3O3/c1-9(2)13-16-11(17-20-13)8-15-12(14(18)19)10-6-4-3-5-7-10/h3-7,9,12,15H,8H2,1-2H3,(H,18,19)/t12-/m1/s1. The summed E-state index contributed by atoms with van der Waals surface area (Å²) in [5.41, 5.74) is 0.688. The van der Waals surface area contributed by atoms with Gasteiger partial charge < -0.3 is 9.63 Å². The third-order valence-corrected chi connectivity index (χ3v) is 2.82. The Bertz CT molecular complexity index is 566. The molecule has 1 aromatic heterocycles. The van der Waals surface area contributed by atoms with Crippen molar-refractivity contribution in [1.29, 1.82) is 0 Å². The first kappa shape index (κ1) is 14.2. The van der Waals surface area contributed by atoms with Gasteiger partial charge in [-0.1, -0.05) is 49.3 Å². The molecule has 0 saturated heterocycles. The molecule has 0 fully saturated rings. The molecule has 0 spiro atoms. The fourth-order valence-electron chi connectivity index (χ4n) is 1.76. The van der Waals surface area contributed by atoms with Crippen molar-refractivity contribution in [2.24, 2.45) is 0 Å². The molecule has 0 saturated carbocycles. The van der Waals surface area contributed by atoms with Crippen LogP contribution >= 0.6 is 0 Å². The third kappa shape index (κ3) is 3.42. The summed E-state index contributed by atoms with van der Waals surface area (Å²) < 4.78 is 5.08. The fourth-order valence-corrected chi connectivity index (χ4v) is 1.76. The Labute approximate surface area is 116 Å². The lowest BCUT2D eigenvalue weighted by atomic mass is 10.1. The molecule has 0 amide bonds. The van der Waals surface area contributed by atoms with Gasteiger partial charge in [0.25, 0.3) is 0 Å². The van der Waals surface area contributed by atoms with Crippen molar-refractivity contribution >= 4 is 5.97 Å². The number of rotatable bonds is 6. The molecule has 0 radical (unpaired) electrons. The minimum atomic E-state index is -0.941. The van der Waals surface area contributed by atoms with Crippen LogP contribution in [0.3, 0.4) is 0 Å². The molecule has 0 aliphatic carbocycles. The summed E-state index contributed by atoms with van der Waals surface area (Å²) in [6.07, 6.45) is 0. The Kier molecular flexibility index (Phi) is 4.47. The van der Waals surface area contributed by atoms with Crippen molar-refractivity contribution in [3.63, 3.8) is 0 Å². The average Bonchev–Trinajstić information content (AvgIpc) is 2.89. The van der Waals surface area contributed by atoms with Gasteiger partial charge in [-0.05, 0) is 5.56 Å². The maximum absolute atomic E-state index is 11.3. The Balaban J connectivity index is 2.04. The third-order valence-electron chi connectivity index (χ3n) is 2.82. The van der Waals surface area contributed by atoms with Gasteiger partial charge in [0.05, 0.1) is 6.54 Å². The molecular weight excluding hydrogens is 258 g/mol. The number of aromatic nitrogens is 2. The van der Waals surface area contributed by atoms with Gasteiger partial charge in [-0.3, -0.25) is 10.1 Å². The number of carboxylic acid groups (broad SMARTS) is 1. The molecule has 0 unspecified atom stereocenters. The maximum atomic E-state index is 11.3. The largest absolute Gasteiger partial charge is 0.480 e. The lowest BCUT2D eigenvalue weighted by Crippen LogP contribution is -2.28. The van der Waals surface area contributed by atoms with E-state index in [1.807, 2.05) is 19.9 Å². The minimum Gasteiger partial charge on any atom is -0.480 e. The molecular formula is C14H17N3O3. The lowest BCUT2D eigenvalue weighted by Gasteiger charge is -2.13. The zero-order chi connectivity index (χ0) is 14.5. The summed E-state index contributed by atoms with van der Waals surface area (Å²) in [5.74, 6) is 0.216. The summed E-state index contributed by atoms with van der Waals surface area (Å²) in [7, 11) is 0. The van der Waals surface area contributed by atoms with Crippen LogP contribution in [0.4, 0.5) is 0 Å². The Hall–Kier alpha value is -2.21. The van der Waals surface area contributed by atoms with Crippen LogP contribution in [0.15, 0.2) is 34.9 Å². The van der Waals surface area contributed by atoms with E-state index in [4.69, 9.17) is 4.52 Å². The van der Waals surface area contributed by atoms with Crippen molar-refractivity contribution in [3.05, 3.63) is 47.6 Å². The van der Waals surface area contributed by atoms with E-state index in [9.17, 15) is 9.90 Å². The van der Waals surface area contributed by atoms with E-state index in [1.165, 1.54) is 0 Å². The van der Waals surface area contributed by atoms with Crippen LogP contribution in [0.1, 0.15) is 43.1 Å². The fraction of sp³-hybridized carbons (Fsp3) is 0.357. The van der Waals surface area contributed by atoms with E-state index in [0.29, 0.717) is 17.3 Å². The van der Waals surface area contributed by atoms with Crippen molar-refractivity contribution < 1.29 is 14.4 Å². The lowest BCUT2D eigenvalue weighted by molar-refractivity contribution is -0.139. The van der Waals surface area contributed by atoms with E-state index >= 15 is 0 Å². The smallest absolute Gasteiger partial charge is 0.325 e. The van der Waals surface area contributed by atoms with Crippen molar-refractivity contribution in [2.75, 3.05) is 0 Å². The maximum Gasteiger partial charge on any atom is 0.325 e. The van der Waals surface area contributed by atoms with Crippen molar-refractivity contribution in [3.8, 4) is 0 Å². The van der Waals surface area contributed by atoms with Gasteiger partial charge in [-0.15, -0.1) is 0 Å². The normalized spacial score (nSPS) is 12.6. The van der Waals surface area contributed by atoms with Gasteiger partial charge in [-0.2, -0.15) is 4.98 Å². The number of carbonyl (C=O) groups is 1. The number of aliphatic carboxylic acids is 1. The molecule has 0 bridgehead atoms. The molecule has 2 N–H and O–H groups in total. The quantitative estimate of drug-likeness (QED) is 0.839. The van der Waals surface area contributed by atoms with E-state index in [1.54, 1.807) is 24.3 Å². The minimum absolute atomic E-state index is 0.153. The first-order chi connectivity index (χ1) is 9.58. The molecule has 106 valence electrons. The summed E-state index contributed by atoms with van der Waals surface area (Å²) in [5, 5.41) is 16.0. The molecule has 0 aliphatic heterocycles. The van der Waals surface area contributed by atoms with Gasteiger partial charge in [0.1, 0.15) is 6.04 Å². The zero-order valence-corrected chi connectivity index (χ0v) is 11.4. The van der Waals surface area contributed by atoms with E-state index in [-0.39, 0.29) is 12.5 Å². The van der Waals surface area contributed by atoms with Crippen LogP contribution in [-0.4, -0.2) is 21.2 Å². The monoisotopic (exact) mass is 275 g/mol. The predicted octanol–water partition coefficient (Wildman–Crippen LogP) is 2.11. The molecule has 2 aromatic rings. The van der Waals surface area contributed by atoms with Crippen LogP contribution in [0.25, 0.3) is 0 Å². The highest BCUT2D eigenvalue weighted by atomic mass is 16.5. The Morgan fingerprint density at radius 1 is 1.35 bits per heavy atom. The molecule has 1 heterocycles.